The number of rotatable bonds is 6. The maximum atomic E-state index is 7.19. The van der Waals surface area contributed by atoms with Crippen LogP contribution in [0.15, 0.2) is 60.7 Å². The molecular formula is C44H54N4O5. The molecule has 6 bridgehead atoms. The van der Waals surface area contributed by atoms with Crippen molar-refractivity contribution in [3.8, 4) is 40.2 Å². The van der Waals surface area contributed by atoms with E-state index in [-0.39, 0.29) is 12.1 Å². The molecule has 0 saturated carbocycles. The second kappa shape index (κ2) is 15.2. The summed E-state index contributed by atoms with van der Waals surface area (Å²) in [6, 6.07) is 21.7. The Kier molecular flexibility index (Phi) is 10.3. The maximum Gasteiger partial charge on any atom is 0.204 e. The van der Waals surface area contributed by atoms with Crippen LogP contribution in [-0.2, 0) is 32.2 Å². The monoisotopic (exact) mass is 718 g/mol. The van der Waals surface area contributed by atoms with Crippen molar-refractivity contribution in [1.29, 1.82) is 0 Å². The highest BCUT2D eigenvalue weighted by molar-refractivity contribution is 5.67. The first kappa shape index (κ1) is 35.7. The van der Waals surface area contributed by atoms with Crippen LogP contribution in [0.5, 0.6) is 40.2 Å². The molecule has 4 aromatic rings. The fourth-order valence-corrected chi connectivity index (χ4v) is 8.96. The zero-order chi connectivity index (χ0) is 36.6. The van der Waals surface area contributed by atoms with E-state index in [1.54, 1.807) is 21.3 Å². The van der Waals surface area contributed by atoms with E-state index in [0.717, 1.165) is 107 Å². The summed E-state index contributed by atoms with van der Waals surface area (Å²) < 4.78 is 32.2. The molecule has 5 aliphatic heterocycles. The Balaban J connectivity index is 1.32. The highest BCUT2D eigenvalue weighted by Gasteiger charge is 2.37. The highest BCUT2D eigenvalue weighted by atomic mass is 16.5. The molecule has 5 aliphatic rings. The van der Waals surface area contributed by atoms with Crippen LogP contribution in [0.3, 0.4) is 0 Å². The van der Waals surface area contributed by atoms with Crippen molar-refractivity contribution in [3.63, 3.8) is 0 Å². The van der Waals surface area contributed by atoms with Crippen LogP contribution in [0, 0.1) is 0 Å². The van der Waals surface area contributed by atoms with Gasteiger partial charge in [-0.1, -0.05) is 31.2 Å². The number of benzene rings is 4. The largest absolute Gasteiger partial charge is 0.493 e. The van der Waals surface area contributed by atoms with Gasteiger partial charge in [0.25, 0.3) is 0 Å². The number of ether oxygens (including phenoxy) is 5. The van der Waals surface area contributed by atoms with Gasteiger partial charge in [-0.15, -0.1) is 0 Å². The third-order valence-electron chi connectivity index (χ3n) is 12.1. The molecule has 9 heteroatoms. The van der Waals surface area contributed by atoms with Gasteiger partial charge in [0.1, 0.15) is 11.5 Å². The van der Waals surface area contributed by atoms with E-state index in [9.17, 15) is 0 Å². The number of likely N-dealkylation sites (N-methyl/N-ethyl adjacent to an activating group) is 3. The van der Waals surface area contributed by atoms with Crippen LogP contribution in [0.4, 0.5) is 0 Å². The van der Waals surface area contributed by atoms with Gasteiger partial charge in [0.2, 0.25) is 5.75 Å². The molecule has 5 heterocycles. The smallest absolute Gasteiger partial charge is 0.204 e. The Morgan fingerprint density at radius 2 is 1.34 bits per heavy atom. The lowest BCUT2D eigenvalue weighted by atomic mass is 9.84. The summed E-state index contributed by atoms with van der Waals surface area (Å²) in [5.74, 6) is 5.22. The zero-order valence-corrected chi connectivity index (χ0v) is 32.2. The van der Waals surface area contributed by atoms with Crippen molar-refractivity contribution >= 4 is 0 Å². The summed E-state index contributed by atoms with van der Waals surface area (Å²) in [7, 11) is 9.68. The number of fused-ring (bicyclic) bond motifs is 2. The summed E-state index contributed by atoms with van der Waals surface area (Å²) >= 11 is 0. The van der Waals surface area contributed by atoms with Crippen molar-refractivity contribution in [2.75, 3.05) is 81.2 Å². The minimum absolute atomic E-state index is 0.0140. The first-order valence-corrected chi connectivity index (χ1v) is 19.3. The molecule has 0 radical (unpaired) electrons. The predicted molar refractivity (Wildman–Crippen MR) is 209 cm³/mol. The van der Waals surface area contributed by atoms with E-state index < -0.39 is 0 Å². The molecule has 4 aromatic carbocycles. The third-order valence-corrected chi connectivity index (χ3v) is 12.1. The molecule has 9 rings (SSSR count). The first-order valence-electron chi connectivity index (χ1n) is 19.3. The molecule has 0 N–H and O–H groups in total. The minimum Gasteiger partial charge on any atom is -0.493 e. The third kappa shape index (κ3) is 6.96. The lowest BCUT2D eigenvalue weighted by Crippen LogP contribution is -2.46. The van der Waals surface area contributed by atoms with Crippen molar-refractivity contribution in [2.24, 2.45) is 0 Å². The van der Waals surface area contributed by atoms with E-state index in [2.05, 4.69) is 95.2 Å². The fourth-order valence-electron chi connectivity index (χ4n) is 8.96. The van der Waals surface area contributed by atoms with Gasteiger partial charge in [-0.05, 0) is 111 Å². The summed E-state index contributed by atoms with van der Waals surface area (Å²) in [6.45, 7) is 10.3. The highest BCUT2D eigenvalue weighted by Crippen LogP contribution is 2.53. The van der Waals surface area contributed by atoms with E-state index in [0.29, 0.717) is 17.2 Å². The van der Waals surface area contributed by atoms with Crippen molar-refractivity contribution in [1.82, 2.24) is 19.6 Å². The van der Waals surface area contributed by atoms with Gasteiger partial charge >= 0.3 is 0 Å². The van der Waals surface area contributed by atoms with Crippen LogP contribution in [0.1, 0.15) is 58.0 Å². The predicted octanol–water partition coefficient (Wildman–Crippen LogP) is 7.29. The van der Waals surface area contributed by atoms with Gasteiger partial charge in [0, 0.05) is 69.0 Å². The minimum atomic E-state index is 0.0140. The van der Waals surface area contributed by atoms with Gasteiger partial charge in [0.15, 0.2) is 23.0 Å². The summed E-state index contributed by atoms with van der Waals surface area (Å²) in [5, 5.41) is 0. The quantitative estimate of drug-likeness (QED) is 0.205. The zero-order valence-electron chi connectivity index (χ0n) is 32.2. The van der Waals surface area contributed by atoms with Crippen molar-refractivity contribution < 1.29 is 23.7 Å². The molecule has 0 amide bonds. The topological polar surface area (TPSA) is 59.1 Å². The first-order chi connectivity index (χ1) is 25.9. The lowest BCUT2D eigenvalue weighted by molar-refractivity contribution is 0.130. The number of hydrogen-bond donors (Lipinski definition) is 0. The average Bonchev–Trinajstić information content (AvgIpc) is 3.18. The molecule has 1 saturated heterocycles. The average molecular weight is 719 g/mol. The number of nitrogens with zero attached hydrogens (tertiary/aromatic N) is 4. The lowest BCUT2D eigenvalue weighted by Gasteiger charge is -2.40. The summed E-state index contributed by atoms with van der Waals surface area (Å²) in [6.07, 6.45) is 3.54. The molecule has 0 unspecified atom stereocenters. The Labute approximate surface area is 314 Å². The van der Waals surface area contributed by atoms with E-state index >= 15 is 0 Å². The molecule has 1 fully saturated rings. The maximum absolute atomic E-state index is 7.19. The molecule has 0 aliphatic carbocycles. The van der Waals surface area contributed by atoms with Crippen LogP contribution < -0.4 is 23.7 Å². The van der Waals surface area contributed by atoms with Crippen LogP contribution in [0.25, 0.3) is 0 Å². The Morgan fingerprint density at radius 1 is 0.660 bits per heavy atom. The van der Waals surface area contributed by atoms with Gasteiger partial charge < -0.3 is 28.6 Å². The molecule has 53 heavy (non-hydrogen) atoms. The SMILES string of the molecule is CCN1CCN(Cc2c3c4c(c(OC)c2OC)Oc2ccc5c(c2)[C@H](Cc2ccc(cc2)Oc2cc(ccc2OC)C[C@@H]4N(C)CC3)N(C)CC5)CC1. The van der Waals surface area contributed by atoms with Crippen LogP contribution >= 0.6 is 0 Å². The molecule has 9 nitrogen and oxygen atoms in total. The summed E-state index contributed by atoms with van der Waals surface area (Å²) in [4.78, 5) is 10.0. The number of methoxy groups -OCH3 is 3. The van der Waals surface area contributed by atoms with Gasteiger partial charge in [0.05, 0.1) is 21.3 Å². The second-order valence-electron chi connectivity index (χ2n) is 15.1. The normalized spacial score (nSPS) is 20.8. The van der Waals surface area contributed by atoms with Crippen LogP contribution in [-0.4, -0.2) is 101 Å². The molecular weight excluding hydrogens is 665 g/mol. The fraction of sp³-hybridized carbons (Fsp3) is 0.455. The Bertz CT molecular complexity index is 1940. The number of hydrogen-bond acceptors (Lipinski definition) is 9. The van der Waals surface area contributed by atoms with Gasteiger partial charge in [-0.2, -0.15) is 0 Å². The molecule has 2 atom stereocenters. The molecule has 0 aromatic heterocycles. The molecule has 0 spiro atoms. The number of piperazine rings is 1. The Morgan fingerprint density at radius 3 is 2.08 bits per heavy atom. The van der Waals surface area contributed by atoms with E-state index in [4.69, 9.17) is 23.7 Å². The summed E-state index contributed by atoms with van der Waals surface area (Å²) in [5.41, 5.74) is 8.81. The van der Waals surface area contributed by atoms with Crippen LogP contribution in [0.2, 0.25) is 0 Å². The standard InChI is InChI=1S/C44H54N4O5/c1-7-47-20-22-48(23-21-47)28-36-34-17-19-46(3)38-25-30-10-15-39(49-4)40(26-30)52-32-12-8-29(9-13-32)24-37-35-27-33(14-11-31(35)16-18-45(37)2)53-43(41(34)38)44(51-6)42(36)50-5/h8-15,26-27,37-38H,7,16-25,28H2,1-6H3/t37-,38-/m0/s1. The van der Waals surface area contributed by atoms with Gasteiger partial charge in [-0.25, -0.2) is 0 Å². The van der Waals surface area contributed by atoms with Crippen molar-refractivity contribution in [3.05, 3.63) is 99.6 Å². The second-order valence-corrected chi connectivity index (χ2v) is 15.1. The molecule has 280 valence electrons. The van der Waals surface area contributed by atoms with E-state index in [1.165, 1.54) is 33.4 Å². The van der Waals surface area contributed by atoms with Gasteiger partial charge in [-0.3, -0.25) is 14.7 Å². The Hall–Kier alpha value is -4.28. The van der Waals surface area contributed by atoms with Crippen molar-refractivity contribution in [2.45, 2.75) is 51.2 Å². The van der Waals surface area contributed by atoms with E-state index in [1.807, 2.05) is 6.07 Å².